The van der Waals surface area contributed by atoms with Crippen LogP contribution in [0.1, 0.15) is 27.2 Å². The molecule has 0 aliphatic heterocycles. The van der Waals surface area contributed by atoms with E-state index >= 15 is 0 Å². The van der Waals surface area contributed by atoms with Crippen molar-refractivity contribution in [2.75, 3.05) is 17.2 Å². The van der Waals surface area contributed by atoms with E-state index in [2.05, 4.69) is 20.8 Å². The molecule has 0 saturated heterocycles. The summed E-state index contributed by atoms with van der Waals surface area (Å²) in [6.45, 7) is 4.53. The molecule has 0 fully saturated rings. The molecular weight excluding hydrogens is 343 g/mol. The first-order valence-electron chi connectivity index (χ1n) is 8.72. The summed E-state index contributed by atoms with van der Waals surface area (Å²) in [7, 11) is 0. The maximum absolute atomic E-state index is 13.6. The van der Waals surface area contributed by atoms with E-state index in [9.17, 15) is 9.18 Å². The summed E-state index contributed by atoms with van der Waals surface area (Å²) < 4.78 is 13.6. The zero-order chi connectivity index (χ0) is 19.2. The fraction of sp³-hybridized carbons (Fsp3) is 0.190. The van der Waals surface area contributed by atoms with Crippen molar-refractivity contribution in [3.8, 4) is 0 Å². The van der Waals surface area contributed by atoms with Gasteiger partial charge in [0.05, 0.1) is 0 Å². The molecule has 27 heavy (non-hydrogen) atoms. The van der Waals surface area contributed by atoms with Crippen LogP contribution in [-0.4, -0.2) is 22.6 Å². The number of nitrogens with one attached hydrogen (secondary N) is 2. The lowest BCUT2D eigenvalue weighted by atomic mass is 10.1. The number of carbonyl (C=O) groups excluding carboxylic acids is 1. The molecule has 0 bridgehead atoms. The number of halogens is 1. The molecule has 0 unspecified atom stereocenters. The van der Waals surface area contributed by atoms with Crippen LogP contribution in [0.5, 0.6) is 0 Å². The first-order valence-corrected chi connectivity index (χ1v) is 8.72. The van der Waals surface area contributed by atoms with E-state index in [-0.39, 0.29) is 17.4 Å². The van der Waals surface area contributed by atoms with E-state index in [1.807, 2.05) is 32.0 Å². The Labute approximate surface area is 157 Å². The normalized spacial score (nSPS) is 10.5. The van der Waals surface area contributed by atoms with Gasteiger partial charge < -0.3 is 10.6 Å². The molecule has 3 rings (SSSR count). The molecule has 0 atom stereocenters. The lowest BCUT2D eigenvalue weighted by Crippen LogP contribution is -2.15. The van der Waals surface area contributed by atoms with Gasteiger partial charge >= 0.3 is 0 Å². The predicted octanol–water partition coefficient (Wildman–Crippen LogP) is 4.14. The molecule has 2 aromatic carbocycles. The molecule has 2 N–H and O–H groups in total. The zero-order valence-corrected chi connectivity index (χ0v) is 15.3. The monoisotopic (exact) mass is 364 g/mol. The minimum absolute atomic E-state index is 0.219. The Morgan fingerprint density at radius 3 is 2.52 bits per heavy atom. The Kier molecular flexibility index (Phi) is 5.76. The Morgan fingerprint density at radius 1 is 1.00 bits per heavy atom. The molecular formula is C21H21FN4O. The summed E-state index contributed by atoms with van der Waals surface area (Å²) in [5, 5.41) is 13.9. The van der Waals surface area contributed by atoms with Gasteiger partial charge in [0.1, 0.15) is 11.6 Å². The molecule has 5 nitrogen and oxygen atoms in total. The van der Waals surface area contributed by atoms with Crippen molar-refractivity contribution >= 4 is 17.4 Å². The van der Waals surface area contributed by atoms with Crippen molar-refractivity contribution in [1.82, 2.24) is 10.2 Å². The Bertz CT molecular complexity index is 941. The molecule has 6 heteroatoms. The number of hydrogen-bond acceptors (Lipinski definition) is 4. The quantitative estimate of drug-likeness (QED) is 0.690. The highest BCUT2D eigenvalue weighted by atomic mass is 19.1. The van der Waals surface area contributed by atoms with E-state index in [1.165, 1.54) is 11.6 Å². The third-order valence-electron chi connectivity index (χ3n) is 4.32. The molecule has 0 radical (unpaired) electrons. The number of rotatable bonds is 6. The number of nitrogens with zero attached hydrogens (tertiary/aromatic N) is 2. The Morgan fingerprint density at radius 2 is 1.81 bits per heavy atom. The minimum atomic E-state index is -0.316. The molecule has 138 valence electrons. The van der Waals surface area contributed by atoms with Gasteiger partial charge in [0.2, 0.25) is 0 Å². The van der Waals surface area contributed by atoms with E-state index in [4.69, 9.17) is 0 Å². The Balaban J connectivity index is 1.55. The molecule has 1 aromatic heterocycles. The molecule has 1 heterocycles. The molecule has 0 saturated carbocycles. The second kappa shape index (κ2) is 8.40. The van der Waals surface area contributed by atoms with Gasteiger partial charge in [0.15, 0.2) is 5.69 Å². The van der Waals surface area contributed by atoms with Crippen LogP contribution in [0.25, 0.3) is 0 Å². The van der Waals surface area contributed by atoms with Crippen molar-refractivity contribution < 1.29 is 9.18 Å². The van der Waals surface area contributed by atoms with Gasteiger partial charge in [-0.25, -0.2) is 4.39 Å². The standard InChI is InChI=1S/C21H21FN4O/c1-14-7-8-17(13-15(14)2)24-21(27)19-9-10-20(26-25-19)23-12-11-16-5-3-4-6-18(16)22/h3-10,13H,11-12H2,1-2H3,(H,23,26)(H,24,27). The summed E-state index contributed by atoms with van der Waals surface area (Å²) in [4.78, 5) is 12.3. The number of carbonyl (C=O) groups is 1. The third kappa shape index (κ3) is 4.88. The first kappa shape index (κ1) is 18.5. The molecule has 0 aliphatic rings. The van der Waals surface area contributed by atoms with Crippen LogP contribution < -0.4 is 10.6 Å². The number of amides is 1. The highest BCUT2D eigenvalue weighted by Crippen LogP contribution is 2.15. The van der Waals surface area contributed by atoms with Gasteiger partial charge in [0, 0.05) is 12.2 Å². The number of anilines is 2. The fourth-order valence-corrected chi connectivity index (χ4v) is 2.59. The summed E-state index contributed by atoms with van der Waals surface area (Å²) >= 11 is 0. The van der Waals surface area contributed by atoms with Gasteiger partial charge in [0.25, 0.3) is 5.91 Å². The summed E-state index contributed by atoms with van der Waals surface area (Å²) in [6, 6.07) is 15.7. The van der Waals surface area contributed by atoms with Crippen molar-refractivity contribution in [3.63, 3.8) is 0 Å². The number of aromatic nitrogens is 2. The third-order valence-corrected chi connectivity index (χ3v) is 4.32. The van der Waals surface area contributed by atoms with E-state index in [1.54, 1.807) is 30.3 Å². The number of hydrogen-bond donors (Lipinski definition) is 2. The maximum atomic E-state index is 13.6. The summed E-state index contributed by atoms with van der Waals surface area (Å²) in [6.07, 6.45) is 0.531. The largest absolute Gasteiger partial charge is 0.368 e. The minimum Gasteiger partial charge on any atom is -0.368 e. The van der Waals surface area contributed by atoms with E-state index in [0.717, 1.165) is 11.3 Å². The number of benzene rings is 2. The van der Waals surface area contributed by atoms with Crippen LogP contribution in [0.4, 0.5) is 15.9 Å². The molecule has 0 aliphatic carbocycles. The number of aryl methyl sites for hydroxylation is 2. The Hall–Kier alpha value is -3.28. The molecule has 0 spiro atoms. The first-order chi connectivity index (χ1) is 13.0. The van der Waals surface area contributed by atoms with Crippen molar-refractivity contribution in [1.29, 1.82) is 0 Å². The zero-order valence-electron chi connectivity index (χ0n) is 15.3. The van der Waals surface area contributed by atoms with Gasteiger partial charge in [-0.15, -0.1) is 10.2 Å². The van der Waals surface area contributed by atoms with Gasteiger partial charge in [-0.05, 0) is 67.3 Å². The topological polar surface area (TPSA) is 66.9 Å². The van der Waals surface area contributed by atoms with Crippen LogP contribution in [0.2, 0.25) is 0 Å². The highest BCUT2D eigenvalue weighted by Gasteiger charge is 2.09. The SMILES string of the molecule is Cc1ccc(NC(=O)c2ccc(NCCc3ccccc3F)nn2)cc1C. The second-order valence-electron chi connectivity index (χ2n) is 6.33. The van der Waals surface area contributed by atoms with Crippen LogP contribution in [0.3, 0.4) is 0 Å². The average Bonchev–Trinajstić information content (AvgIpc) is 2.67. The van der Waals surface area contributed by atoms with Crippen molar-refractivity contribution in [2.45, 2.75) is 20.3 Å². The summed E-state index contributed by atoms with van der Waals surface area (Å²) in [5.74, 6) is 0.00137. The average molecular weight is 364 g/mol. The predicted molar refractivity (Wildman–Crippen MR) is 104 cm³/mol. The lowest BCUT2D eigenvalue weighted by Gasteiger charge is -2.08. The van der Waals surface area contributed by atoms with Gasteiger partial charge in [-0.1, -0.05) is 24.3 Å². The lowest BCUT2D eigenvalue weighted by molar-refractivity contribution is 0.102. The van der Waals surface area contributed by atoms with E-state index < -0.39 is 0 Å². The molecule has 3 aromatic rings. The van der Waals surface area contributed by atoms with E-state index in [0.29, 0.717) is 24.3 Å². The maximum Gasteiger partial charge on any atom is 0.276 e. The fourth-order valence-electron chi connectivity index (χ4n) is 2.59. The van der Waals surface area contributed by atoms with Crippen molar-refractivity contribution in [2.24, 2.45) is 0 Å². The van der Waals surface area contributed by atoms with Gasteiger partial charge in [-0.2, -0.15) is 0 Å². The van der Waals surface area contributed by atoms with Crippen molar-refractivity contribution in [3.05, 3.63) is 82.8 Å². The summed E-state index contributed by atoms with van der Waals surface area (Å²) in [5.41, 5.74) is 3.86. The molecule has 1 amide bonds. The second-order valence-corrected chi connectivity index (χ2v) is 6.33. The van der Waals surface area contributed by atoms with Crippen LogP contribution in [0, 0.1) is 19.7 Å². The van der Waals surface area contributed by atoms with Crippen LogP contribution in [0.15, 0.2) is 54.6 Å². The van der Waals surface area contributed by atoms with Crippen LogP contribution >= 0.6 is 0 Å². The van der Waals surface area contributed by atoms with Gasteiger partial charge in [-0.3, -0.25) is 4.79 Å². The highest BCUT2D eigenvalue weighted by molar-refractivity contribution is 6.02. The smallest absolute Gasteiger partial charge is 0.276 e. The van der Waals surface area contributed by atoms with Crippen LogP contribution in [-0.2, 0) is 6.42 Å².